The molecular weight excluding hydrogens is 247 g/mol. The Hall–Kier alpha value is -1.18. The van der Waals surface area contributed by atoms with Gasteiger partial charge in [0.15, 0.2) is 0 Å². The van der Waals surface area contributed by atoms with Gasteiger partial charge in [-0.25, -0.2) is 17.5 Å². The van der Waals surface area contributed by atoms with E-state index >= 15 is 0 Å². The van der Waals surface area contributed by atoms with Gasteiger partial charge in [-0.15, -0.1) is 0 Å². The molecule has 0 saturated carbocycles. The summed E-state index contributed by atoms with van der Waals surface area (Å²) in [6.45, 7) is 1.84. The number of halogens is 1. The molecule has 0 amide bonds. The van der Waals surface area contributed by atoms with E-state index in [2.05, 4.69) is 4.72 Å². The highest BCUT2D eigenvalue weighted by atomic mass is 32.2. The summed E-state index contributed by atoms with van der Waals surface area (Å²) in [5.74, 6) is -0.577. The predicted molar refractivity (Wildman–Crippen MR) is 62.5 cm³/mol. The first kappa shape index (κ1) is 13.9. The van der Waals surface area contributed by atoms with E-state index in [9.17, 15) is 12.8 Å². The van der Waals surface area contributed by atoms with Gasteiger partial charge >= 0.3 is 0 Å². The van der Waals surface area contributed by atoms with Crippen LogP contribution in [-0.4, -0.2) is 28.2 Å². The van der Waals surface area contributed by atoms with E-state index in [4.69, 9.17) is 10.5 Å². The molecule has 0 fully saturated rings. The molecule has 0 bridgehead atoms. The van der Waals surface area contributed by atoms with Crippen molar-refractivity contribution in [2.75, 3.05) is 19.4 Å². The Morgan fingerprint density at radius 1 is 1.53 bits per heavy atom. The second-order valence-electron chi connectivity index (χ2n) is 3.58. The van der Waals surface area contributed by atoms with Crippen LogP contribution in [0.2, 0.25) is 0 Å². The van der Waals surface area contributed by atoms with Crippen molar-refractivity contribution in [1.29, 1.82) is 0 Å². The fourth-order valence-electron chi connectivity index (χ4n) is 1.15. The maximum Gasteiger partial charge on any atom is 0.242 e. The Morgan fingerprint density at radius 3 is 2.71 bits per heavy atom. The van der Waals surface area contributed by atoms with Gasteiger partial charge in [0.25, 0.3) is 0 Å². The molecule has 0 saturated heterocycles. The first-order valence-corrected chi connectivity index (χ1v) is 6.42. The lowest BCUT2D eigenvalue weighted by Gasteiger charge is -2.12. The van der Waals surface area contributed by atoms with Crippen LogP contribution in [0.25, 0.3) is 0 Å². The molecule has 0 aliphatic heterocycles. The fraction of sp³-hybridized carbons (Fsp3) is 0.400. The molecule has 7 heteroatoms. The second kappa shape index (κ2) is 5.44. The van der Waals surface area contributed by atoms with Crippen LogP contribution < -0.4 is 10.5 Å². The van der Waals surface area contributed by atoms with Gasteiger partial charge in [-0.1, -0.05) is 0 Å². The van der Waals surface area contributed by atoms with Crippen molar-refractivity contribution in [2.45, 2.75) is 17.9 Å². The van der Waals surface area contributed by atoms with E-state index in [0.717, 1.165) is 18.2 Å². The third kappa shape index (κ3) is 3.65. The smallest absolute Gasteiger partial charge is 0.242 e. The van der Waals surface area contributed by atoms with Crippen LogP contribution in [0.5, 0.6) is 0 Å². The number of ether oxygens (including phenoxy) is 1. The van der Waals surface area contributed by atoms with Crippen LogP contribution in [0.4, 0.5) is 10.1 Å². The van der Waals surface area contributed by atoms with Crippen LogP contribution in [0.15, 0.2) is 23.1 Å². The van der Waals surface area contributed by atoms with Gasteiger partial charge < -0.3 is 10.5 Å². The van der Waals surface area contributed by atoms with Gasteiger partial charge in [-0.2, -0.15) is 0 Å². The number of nitrogens with two attached hydrogens (primary N) is 1. The summed E-state index contributed by atoms with van der Waals surface area (Å²) >= 11 is 0. The number of anilines is 1. The van der Waals surface area contributed by atoms with E-state index in [0.29, 0.717) is 0 Å². The SMILES string of the molecule is COC(C)CNS(=O)(=O)c1ccc(F)cc1N. The summed E-state index contributed by atoms with van der Waals surface area (Å²) in [6, 6.07) is 3.14. The van der Waals surface area contributed by atoms with E-state index < -0.39 is 15.8 Å². The van der Waals surface area contributed by atoms with Crippen LogP contribution in [0.3, 0.4) is 0 Å². The summed E-state index contributed by atoms with van der Waals surface area (Å²) in [5, 5.41) is 0. The minimum Gasteiger partial charge on any atom is -0.398 e. The Labute approximate surface area is 99.8 Å². The molecule has 96 valence electrons. The highest BCUT2D eigenvalue weighted by Gasteiger charge is 2.18. The van der Waals surface area contributed by atoms with Gasteiger partial charge in [-0.3, -0.25) is 0 Å². The third-order valence-electron chi connectivity index (χ3n) is 2.22. The fourth-order valence-corrected chi connectivity index (χ4v) is 2.38. The number of hydrogen-bond acceptors (Lipinski definition) is 4. The molecule has 0 heterocycles. The van der Waals surface area contributed by atoms with Crippen LogP contribution >= 0.6 is 0 Å². The quantitative estimate of drug-likeness (QED) is 0.766. The van der Waals surface area contributed by atoms with Gasteiger partial charge in [0, 0.05) is 13.7 Å². The van der Waals surface area contributed by atoms with Crippen molar-refractivity contribution >= 4 is 15.7 Å². The molecule has 0 radical (unpaired) electrons. The number of rotatable bonds is 5. The number of sulfonamides is 1. The normalized spacial score (nSPS) is 13.6. The Morgan fingerprint density at radius 2 is 2.18 bits per heavy atom. The maximum absolute atomic E-state index is 12.8. The predicted octanol–water partition coefficient (Wildman–Crippen LogP) is 0.721. The zero-order valence-corrected chi connectivity index (χ0v) is 10.4. The molecule has 1 rings (SSSR count). The molecule has 1 aromatic rings. The maximum atomic E-state index is 12.8. The minimum absolute atomic E-state index is 0.121. The molecule has 0 aliphatic rings. The largest absolute Gasteiger partial charge is 0.398 e. The van der Waals surface area contributed by atoms with E-state index in [1.54, 1.807) is 6.92 Å². The first-order valence-electron chi connectivity index (χ1n) is 4.94. The monoisotopic (exact) mass is 262 g/mol. The van der Waals surface area contributed by atoms with Crippen molar-refractivity contribution in [3.63, 3.8) is 0 Å². The zero-order valence-electron chi connectivity index (χ0n) is 9.60. The average molecular weight is 262 g/mol. The number of nitrogens with one attached hydrogen (secondary N) is 1. The Bertz CT molecular complexity index is 490. The van der Waals surface area contributed by atoms with Crippen LogP contribution in [0.1, 0.15) is 6.92 Å². The molecule has 17 heavy (non-hydrogen) atoms. The molecule has 1 unspecified atom stereocenters. The van der Waals surface area contributed by atoms with Gasteiger partial charge in [0.05, 0.1) is 11.8 Å². The van der Waals surface area contributed by atoms with Crippen molar-refractivity contribution in [3.8, 4) is 0 Å². The standard InChI is InChI=1S/C10H15FN2O3S/c1-7(16-2)6-13-17(14,15)10-4-3-8(11)5-9(10)12/h3-5,7,13H,6,12H2,1-2H3. The zero-order chi connectivity index (χ0) is 13.1. The molecule has 0 aliphatic carbocycles. The lowest BCUT2D eigenvalue weighted by Crippen LogP contribution is -2.32. The number of methoxy groups -OCH3 is 1. The van der Waals surface area contributed by atoms with Crippen LogP contribution in [-0.2, 0) is 14.8 Å². The van der Waals surface area contributed by atoms with E-state index in [1.165, 1.54) is 7.11 Å². The molecular formula is C10H15FN2O3S. The molecule has 1 aromatic carbocycles. The number of hydrogen-bond donors (Lipinski definition) is 2. The summed E-state index contributed by atoms with van der Waals surface area (Å²) < 4.78 is 43.7. The van der Waals surface area contributed by atoms with Crippen LogP contribution in [0, 0.1) is 5.82 Å². The lowest BCUT2D eigenvalue weighted by molar-refractivity contribution is 0.122. The first-order chi connectivity index (χ1) is 7.86. The van der Waals surface area contributed by atoms with Crippen molar-refractivity contribution in [2.24, 2.45) is 0 Å². The molecule has 1 atom stereocenters. The number of benzene rings is 1. The summed E-state index contributed by atoms with van der Waals surface area (Å²) in [7, 11) is -2.26. The topological polar surface area (TPSA) is 81.4 Å². The van der Waals surface area contributed by atoms with Crippen molar-refractivity contribution < 1.29 is 17.5 Å². The Kier molecular flexibility index (Phi) is 4.44. The van der Waals surface area contributed by atoms with Gasteiger partial charge in [0.2, 0.25) is 10.0 Å². The summed E-state index contributed by atoms with van der Waals surface area (Å²) in [5.41, 5.74) is 5.33. The molecule has 0 spiro atoms. The van der Waals surface area contributed by atoms with E-state index in [-0.39, 0.29) is 23.2 Å². The molecule has 5 nitrogen and oxygen atoms in total. The lowest BCUT2D eigenvalue weighted by atomic mass is 10.3. The van der Waals surface area contributed by atoms with Gasteiger partial charge in [0.1, 0.15) is 10.7 Å². The van der Waals surface area contributed by atoms with Crippen molar-refractivity contribution in [3.05, 3.63) is 24.0 Å². The third-order valence-corrected chi connectivity index (χ3v) is 3.72. The highest BCUT2D eigenvalue weighted by molar-refractivity contribution is 7.89. The van der Waals surface area contributed by atoms with Crippen molar-refractivity contribution in [1.82, 2.24) is 4.72 Å². The Balaban J connectivity index is 2.90. The molecule has 0 aromatic heterocycles. The molecule has 3 N–H and O–H groups in total. The average Bonchev–Trinajstić information content (AvgIpc) is 2.25. The minimum atomic E-state index is -3.73. The number of nitrogen functional groups attached to an aromatic ring is 1. The summed E-state index contributed by atoms with van der Waals surface area (Å²) in [6.07, 6.45) is -0.258. The van der Waals surface area contributed by atoms with E-state index in [1.807, 2.05) is 0 Å². The highest BCUT2D eigenvalue weighted by Crippen LogP contribution is 2.18. The second-order valence-corrected chi connectivity index (χ2v) is 5.32. The summed E-state index contributed by atoms with van der Waals surface area (Å²) in [4.78, 5) is -0.137. The van der Waals surface area contributed by atoms with Gasteiger partial charge in [-0.05, 0) is 25.1 Å².